The standard InChI is InChI=1S/C18H34O/c1-5-9-11-12-13-15-18(8-4)19-16-17(7-3)14-10-6-2/h12-13,16,18H,5-11,14-15H2,1-4H3. The molecular weight excluding hydrogens is 232 g/mol. The highest BCUT2D eigenvalue weighted by Crippen LogP contribution is 2.14. The van der Waals surface area contributed by atoms with Gasteiger partial charge in [0, 0.05) is 6.42 Å². The van der Waals surface area contributed by atoms with E-state index < -0.39 is 0 Å². The zero-order chi connectivity index (χ0) is 14.3. The molecule has 0 heterocycles. The first-order valence-corrected chi connectivity index (χ1v) is 8.26. The van der Waals surface area contributed by atoms with Gasteiger partial charge < -0.3 is 4.74 Å². The summed E-state index contributed by atoms with van der Waals surface area (Å²) in [6.45, 7) is 8.90. The first kappa shape index (κ1) is 18.3. The van der Waals surface area contributed by atoms with Crippen molar-refractivity contribution in [3.63, 3.8) is 0 Å². The molecule has 19 heavy (non-hydrogen) atoms. The molecule has 0 aliphatic heterocycles. The van der Waals surface area contributed by atoms with E-state index in [9.17, 15) is 0 Å². The molecule has 0 aliphatic rings. The van der Waals surface area contributed by atoms with Crippen LogP contribution in [0, 0.1) is 0 Å². The number of allylic oxidation sites excluding steroid dienone is 2. The fraction of sp³-hybridized carbons (Fsp3) is 0.778. The van der Waals surface area contributed by atoms with Crippen molar-refractivity contribution in [3.05, 3.63) is 24.0 Å². The molecule has 0 aromatic rings. The normalized spacial score (nSPS) is 14.0. The Hall–Kier alpha value is -0.720. The molecule has 1 unspecified atom stereocenters. The summed E-state index contributed by atoms with van der Waals surface area (Å²) in [5.41, 5.74) is 1.45. The maximum Gasteiger partial charge on any atom is 0.101 e. The molecule has 0 saturated carbocycles. The predicted molar refractivity (Wildman–Crippen MR) is 86.3 cm³/mol. The molecule has 0 bridgehead atoms. The largest absolute Gasteiger partial charge is 0.498 e. The van der Waals surface area contributed by atoms with Crippen LogP contribution in [-0.4, -0.2) is 6.10 Å². The molecule has 0 radical (unpaired) electrons. The monoisotopic (exact) mass is 266 g/mol. The topological polar surface area (TPSA) is 9.23 Å². The maximum atomic E-state index is 5.93. The Morgan fingerprint density at radius 1 is 1.00 bits per heavy atom. The number of rotatable bonds is 12. The molecule has 0 aliphatic carbocycles. The van der Waals surface area contributed by atoms with Gasteiger partial charge in [0.05, 0.1) is 6.26 Å². The van der Waals surface area contributed by atoms with Crippen LogP contribution in [0.2, 0.25) is 0 Å². The van der Waals surface area contributed by atoms with Gasteiger partial charge in [-0.25, -0.2) is 0 Å². The summed E-state index contributed by atoms with van der Waals surface area (Å²) in [6, 6.07) is 0. The van der Waals surface area contributed by atoms with Crippen molar-refractivity contribution < 1.29 is 4.74 Å². The Morgan fingerprint density at radius 3 is 2.32 bits per heavy atom. The number of ether oxygens (including phenoxy) is 1. The molecule has 112 valence electrons. The van der Waals surface area contributed by atoms with Gasteiger partial charge in [-0.15, -0.1) is 0 Å². The molecule has 1 heteroatoms. The second kappa shape index (κ2) is 13.7. The predicted octanol–water partition coefficient (Wildman–Crippen LogP) is 6.40. The third-order valence-electron chi connectivity index (χ3n) is 3.48. The quantitative estimate of drug-likeness (QED) is 0.225. The second-order valence-electron chi connectivity index (χ2n) is 5.25. The fourth-order valence-corrected chi connectivity index (χ4v) is 1.92. The van der Waals surface area contributed by atoms with E-state index in [1.54, 1.807) is 0 Å². The van der Waals surface area contributed by atoms with Crippen molar-refractivity contribution in [2.45, 2.75) is 91.6 Å². The van der Waals surface area contributed by atoms with Crippen LogP contribution < -0.4 is 0 Å². The van der Waals surface area contributed by atoms with Crippen LogP contribution in [0.1, 0.15) is 85.5 Å². The average Bonchev–Trinajstić information content (AvgIpc) is 2.44. The van der Waals surface area contributed by atoms with Crippen LogP contribution in [0.3, 0.4) is 0 Å². The number of hydrogen-bond donors (Lipinski definition) is 0. The van der Waals surface area contributed by atoms with Gasteiger partial charge in [0.2, 0.25) is 0 Å². The van der Waals surface area contributed by atoms with E-state index >= 15 is 0 Å². The van der Waals surface area contributed by atoms with Crippen molar-refractivity contribution in [3.8, 4) is 0 Å². The molecule has 1 nitrogen and oxygen atoms in total. The van der Waals surface area contributed by atoms with Crippen molar-refractivity contribution in [2.75, 3.05) is 0 Å². The van der Waals surface area contributed by atoms with Crippen molar-refractivity contribution in [1.29, 1.82) is 0 Å². The molecule has 0 N–H and O–H groups in total. The minimum absolute atomic E-state index is 0.348. The van der Waals surface area contributed by atoms with Crippen molar-refractivity contribution >= 4 is 0 Å². The first-order chi connectivity index (χ1) is 9.28. The van der Waals surface area contributed by atoms with Crippen LogP contribution in [0.4, 0.5) is 0 Å². The highest BCUT2D eigenvalue weighted by atomic mass is 16.5. The second-order valence-corrected chi connectivity index (χ2v) is 5.25. The zero-order valence-corrected chi connectivity index (χ0v) is 13.6. The SMILES string of the molecule is CCCCC=CCC(CC)OC=C(CC)CCCC. The molecule has 0 saturated heterocycles. The summed E-state index contributed by atoms with van der Waals surface area (Å²) < 4.78 is 5.93. The molecule has 0 aromatic carbocycles. The van der Waals surface area contributed by atoms with Gasteiger partial charge >= 0.3 is 0 Å². The third kappa shape index (κ3) is 10.9. The summed E-state index contributed by atoms with van der Waals surface area (Å²) >= 11 is 0. The van der Waals surface area contributed by atoms with Gasteiger partial charge in [-0.2, -0.15) is 0 Å². The van der Waals surface area contributed by atoms with Crippen LogP contribution in [0.25, 0.3) is 0 Å². The third-order valence-corrected chi connectivity index (χ3v) is 3.48. The van der Waals surface area contributed by atoms with Crippen molar-refractivity contribution in [2.24, 2.45) is 0 Å². The Bertz CT molecular complexity index is 240. The van der Waals surface area contributed by atoms with Gasteiger partial charge in [0.1, 0.15) is 6.10 Å². The van der Waals surface area contributed by atoms with Crippen LogP contribution in [0.5, 0.6) is 0 Å². The molecular formula is C18H34O. The number of hydrogen-bond acceptors (Lipinski definition) is 1. The lowest BCUT2D eigenvalue weighted by atomic mass is 10.1. The lowest BCUT2D eigenvalue weighted by Crippen LogP contribution is -2.07. The zero-order valence-electron chi connectivity index (χ0n) is 13.6. The van der Waals surface area contributed by atoms with Crippen LogP contribution >= 0.6 is 0 Å². The minimum atomic E-state index is 0.348. The Labute approximate surface area is 121 Å². The molecule has 0 amide bonds. The minimum Gasteiger partial charge on any atom is -0.498 e. The maximum absolute atomic E-state index is 5.93. The van der Waals surface area contributed by atoms with Crippen molar-refractivity contribution in [1.82, 2.24) is 0 Å². The van der Waals surface area contributed by atoms with E-state index in [1.807, 2.05) is 6.26 Å². The van der Waals surface area contributed by atoms with E-state index in [0.717, 1.165) is 19.3 Å². The van der Waals surface area contributed by atoms with Gasteiger partial charge in [0.15, 0.2) is 0 Å². The van der Waals surface area contributed by atoms with E-state index in [2.05, 4.69) is 39.8 Å². The van der Waals surface area contributed by atoms with Crippen LogP contribution in [-0.2, 0) is 4.74 Å². The summed E-state index contributed by atoms with van der Waals surface area (Å²) in [6.07, 6.45) is 17.7. The van der Waals surface area contributed by atoms with Crippen LogP contribution in [0.15, 0.2) is 24.0 Å². The van der Waals surface area contributed by atoms with Gasteiger partial charge in [-0.05, 0) is 37.7 Å². The first-order valence-electron chi connectivity index (χ1n) is 8.26. The summed E-state index contributed by atoms with van der Waals surface area (Å²) in [7, 11) is 0. The molecule has 0 aromatic heterocycles. The van der Waals surface area contributed by atoms with Gasteiger partial charge in [-0.1, -0.05) is 59.1 Å². The molecule has 0 spiro atoms. The Balaban J connectivity index is 4.01. The Morgan fingerprint density at radius 2 is 1.74 bits per heavy atom. The molecule has 0 rings (SSSR count). The van der Waals surface area contributed by atoms with E-state index in [1.165, 1.54) is 44.1 Å². The van der Waals surface area contributed by atoms with E-state index in [0.29, 0.717) is 6.10 Å². The summed E-state index contributed by atoms with van der Waals surface area (Å²) in [5, 5.41) is 0. The average molecular weight is 266 g/mol. The smallest absolute Gasteiger partial charge is 0.101 e. The Kier molecular flexibility index (Phi) is 13.2. The van der Waals surface area contributed by atoms with E-state index in [4.69, 9.17) is 4.74 Å². The van der Waals surface area contributed by atoms with Gasteiger partial charge in [-0.3, -0.25) is 0 Å². The molecule has 1 atom stereocenters. The highest BCUT2D eigenvalue weighted by Gasteiger charge is 2.03. The number of unbranched alkanes of at least 4 members (excludes halogenated alkanes) is 3. The fourth-order valence-electron chi connectivity index (χ4n) is 1.92. The summed E-state index contributed by atoms with van der Waals surface area (Å²) in [4.78, 5) is 0. The summed E-state index contributed by atoms with van der Waals surface area (Å²) in [5.74, 6) is 0. The lowest BCUT2D eigenvalue weighted by molar-refractivity contribution is 0.140. The molecule has 0 fully saturated rings. The lowest BCUT2D eigenvalue weighted by Gasteiger charge is -2.14. The van der Waals surface area contributed by atoms with Gasteiger partial charge in [0.25, 0.3) is 0 Å². The highest BCUT2D eigenvalue weighted by molar-refractivity contribution is 4.97. The van der Waals surface area contributed by atoms with E-state index in [-0.39, 0.29) is 0 Å².